The van der Waals surface area contributed by atoms with Gasteiger partial charge in [-0.2, -0.15) is 0 Å². The van der Waals surface area contributed by atoms with Gasteiger partial charge in [0.1, 0.15) is 6.61 Å². The maximum atomic E-state index is 12.1. The first-order valence-corrected chi connectivity index (χ1v) is 9.82. The van der Waals surface area contributed by atoms with Crippen LogP contribution in [-0.2, 0) is 14.3 Å². The highest BCUT2D eigenvalue weighted by atomic mass is 16.5. The van der Waals surface area contributed by atoms with Crippen molar-refractivity contribution < 1.29 is 29.3 Å². The summed E-state index contributed by atoms with van der Waals surface area (Å²) in [7, 11) is 0. The second-order valence-electron chi connectivity index (χ2n) is 7.14. The zero-order valence-electron chi connectivity index (χ0n) is 17.0. The minimum Gasteiger partial charge on any atom is -0.480 e. The predicted octanol–water partition coefficient (Wildman–Crippen LogP) is 2.03. The maximum absolute atomic E-state index is 12.1. The number of nitrogens with one attached hydrogen (secondary N) is 2. The molecule has 0 saturated carbocycles. The molecule has 162 valence electrons. The van der Waals surface area contributed by atoms with Crippen LogP contribution in [0.2, 0.25) is 0 Å². The smallest absolute Gasteiger partial charge is 0.407 e. The van der Waals surface area contributed by atoms with Crippen LogP contribution in [0.15, 0.2) is 60.2 Å². The van der Waals surface area contributed by atoms with Crippen LogP contribution < -0.4 is 10.6 Å². The van der Waals surface area contributed by atoms with Crippen LogP contribution in [0.3, 0.4) is 0 Å². The Morgan fingerprint density at radius 3 is 2.19 bits per heavy atom. The summed E-state index contributed by atoms with van der Waals surface area (Å²) >= 11 is 0. The summed E-state index contributed by atoms with van der Waals surface area (Å²) in [5.41, 5.74) is 4.71. The monoisotopic (exact) mass is 424 g/mol. The number of ether oxygens (including phenoxy) is 1. The first-order chi connectivity index (χ1) is 14.9. The van der Waals surface area contributed by atoms with Gasteiger partial charge in [-0.05, 0) is 29.2 Å². The number of aliphatic hydroxyl groups excluding tert-OH is 1. The van der Waals surface area contributed by atoms with Crippen molar-refractivity contribution in [2.45, 2.75) is 18.9 Å². The molecule has 8 nitrogen and oxygen atoms in total. The quantitative estimate of drug-likeness (QED) is 0.481. The number of fused-ring (bicyclic) bond motifs is 3. The summed E-state index contributed by atoms with van der Waals surface area (Å²) in [6.45, 7) is 0.976. The molecule has 1 aliphatic rings. The van der Waals surface area contributed by atoms with Gasteiger partial charge in [0.25, 0.3) is 0 Å². The standard InChI is InChI=1S/C23H24N2O6/c1-14(21(27)25-20(12-26)22(28)29)10-11-24-23(30)31-13-19-17-8-4-2-6-15(17)16-7-3-5-9-18(16)19/h2-10,19-20,26H,11-13H2,1H3,(H,24,30)(H,25,27)(H,28,29)/b14-10+. The number of carboxylic acid groups (broad SMARTS) is 1. The molecule has 0 heterocycles. The molecule has 1 atom stereocenters. The molecule has 2 amide bonds. The lowest BCUT2D eigenvalue weighted by molar-refractivity contribution is -0.142. The van der Waals surface area contributed by atoms with Gasteiger partial charge in [0.15, 0.2) is 6.04 Å². The van der Waals surface area contributed by atoms with Crippen LogP contribution in [-0.4, -0.2) is 54.0 Å². The van der Waals surface area contributed by atoms with E-state index in [-0.39, 0.29) is 24.6 Å². The molecule has 0 bridgehead atoms. The lowest BCUT2D eigenvalue weighted by Gasteiger charge is -2.14. The van der Waals surface area contributed by atoms with Crippen molar-refractivity contribution in [3.63, 3.8) is 0 Å². The van der Waals surface area contributed by atoms with E-state index in [1.807, 2.05) is 36.4 Å². The van der Waals surface area contributed by atoms with Crippen LogP contribution in [0.1, 0.15) is 24.0 Å². The molecule has 3 rings (SSSR count). The molecule has 0 saturated heterocycles. The highest BCUT2D eigenvalue weighted by Gasteiger charge is 2.28. The van der Waals surface area contributed by atoms with E-state index in [1.165, 1.54) is 13.0 Å². The Labute approximate surface area is 179 Å². The van der Waals surface area contributed by atoms with Gasteiger partial charge >= 0.3 is 12.1 Å². The molecule has 0 fully saturated rings. The van der Waals surface area contributed by atoms with Crippen molar-refractivity contribution in [2.75, 3.05) is 19.8 Å². The molecule has 4 N–H and O–H groups in total. The van der Waals surface area contributed by atoms with E-state index in [2.05, 4.69) is 22.8 Å². The number of benzene rings is 2. The van der Waals surface area contributed by atoms with Gasteiger partial charge in [0, 0.05) is 18.0 Å². The van der Waals surface area contributed by atoms with Crippen molar-refractivity contribution in [3.05, 3.63) is 71.3 Å². The van der Waals surface area contributed by atoms with Gasteiger partial charge in [0.05, 0.1) is 6.61 Å². The van der Waals surface area contributed by atoms with Crippen LogP contribution in [0, 0.1) is 0 Å². The highest BCUT2D eigenvalue weighted by molar-refractivity contribution is 5.95. The van der Waals surface area contributed by atoms with Gasteiger partial charge in [0.2, 0.25) is 5.91 Å². The third-order valence-corrected chi connectivity index (χ3v) is 5.14. The lowest BCUT2D eigenvalue weighted by atomic mass is 9.98. The number of alkyl carbamates (subject to hydrolysis) is 1. The number of aliphatic hydroxyl groups is 1. The van der Waals surface area contributed by atoms with Crippen molar-refractivity contribution in [1.82, 2.24) is 10.6 Å². The summed E-state index contributed by atoms with van der Waals surface area (Å²) < 4.78 is 5.40. The third-order valence-electron chi connectivity index (χ3n) is 5.14. The number of rotatable bonds is 8. The van der Waals surface area contributed by atoms with Crippen molar-refractivity contribution in [1.29, 1.82) is 0 Å². The Morgan fingerprint density at radius 2 is 1.65 bits per heavy atom. The topological polar surface area (TPSA) is 125 Å². The van der Waals surface area contributed by atoms with Crippen LogP contribution in [0.5, 0.6) is 0 Å². The molecule has 2 aromatic rings. The Hall–Kier alpha value is -3.65. The summed E-state index contributed by atoms with van der Waals surface area (Å²) in [5, 5.41) is 22.5. The number of hydrogen-bond donors (Lipinski definition) is 4. The minimum atomic E-state index is -1.38. The first kappa shape index (κ1) is 22.0. The largest absolute Gasteiger partial charge is 0.480 e. The van der Waals surface area contributed by atoms with Crippen LogP contribution >= 0.6 is 0 Å². The normalized spacial score (nSPS) is 13.7. The molecule has 0 radical (unpaired) electrons. The number of amides is 2. The molecular formula is C23H24N2O6. The Balaban J connectivity index is 1.53. The summed E-state index contributed by atoms with van der Waals surface area (Å²) in [4.78, 5) is 34.9. The number of carbonyl (C=O) groups excluding carboxylic acids is 2. The van der Waals surface area contributed by atoms with E-state index < -0.39 is 30.6 Å². The third kappa shape index (κ3) is 5.10. The highest BCUT2D eigenvalue weighted by Crippen LogP contribution is 2.44. The van der Waals surface area contributed by atoms with E-state index in [0.717, 1.165) is 22.3 Å². The number of carbonyl (C=O) groups is 3. The summed E-state index contributed by atoms with van der Waals surface area (Å²) in [5.74, 6) is -2.02. The van der Waals surface area contributed by atoms with E-state index in [1.54, 1.807) is 0 Å². The van der Waals surface area contributed by atoms with Crippen molar-refractivity contribution in [2.24, 2.45) is 0 Å². The predicted molar refractivity (Wildman–Crippen MR) is 113 cm³/mol. The fourth-order valence-electron chi connectivity index (χ4n) is 3.49. The van der Waals surface area contributed by atoms with E-state index >= 15 is 0 Å². The van der Waals surface area contributed by atoms with Gasteiger partial charge in [-0.3, -0.25) is 4.79 Å². The SMILES string of the molecule is C/C(=C\CNC(=O)OCC1c2ccccc2-c2ccccc21)C(=O)NC(CO)C(=O)O. The zero-order valence-corrected chi connectivity index (χ0v) is 17.0. The molecule has 0 aliphatic heterocycles. The molecule has 8 heteroatoms. The molecule has 2 aromatic carbocycles. The van der Waals surface area contributed by atoms with Crippen molar-refractivity contribution in [3.8, 4) is 11.1 Å². The fourth-order valence-corrected chi connectivity index (χ4v) is 3.49. The Kier molecular flexibility index (Phi) is 7.04. The average Bonchev–Trinajstić information content (AvgIpc) is 3.09. The molecule has 31 heavy (non-hydrogen) atoms. The molecule has 0 spiro atoms. The van der Waals surface area contributed by atoms with Crippen LogP contribution in [0.4, 0.5) is 4.79 Å². The minimum absolute atomic E-state index is 0.0345. The van der Waals surface area contributed by atoms with Crippen molar-refractivity contribution >= 4 is 18.0 Å². The first-order valence-electron chi connectivity index (χ1n) is 9.82. The molecule has 0 aromatic heterocycles. The number of carboxylic acids is 1. The molecule has 1 aliphatic carbocycles. The van der Waals surface area contributed by atoms with Gasteiger partial charge in [-0.25, -0.2) is 9.59 Å². The zero-order chi connectivity index (χ0) is 22.4. The number of aliphatic carboxylic acids is 1. The second kappa shape index (κ2) is 9.90. The second-order valence-corrected chi connectivity index (χ2v) is 7.14. The summed E-state index contributed by atoms with van der Waals surface area (Å²) in [6, 6.07) is 14.7. The summed E-state index contributed by atoms with van der Waals surface area (Å²) in [6.07, 6.45) is 0.817. The van der Waals surface area contributed by atoms with Gasteiger partial charge in [-0.15, -0.1) is 0 Å². The molecular weight excluding hydrogens is 400 g/mol. The molecule has 1 unspecified atom stereocenters. The van der Waals surface area contributed by atoms with E-state index in [4.69, 9.17) is 14.9 Å². The van der Waals surface area contributed by atoms with E-state index in [0.29, 0.717) is 0 Å². The Bertz CT molecular complexity index is 971. The van der Waals surface area contributed by atoms with Gasteiger partial charge in [-0.1, -0.05) is 54.6 Å². The average molecular weight is 424 g/mol. The Morgan fingerprint density at radius 1 is 1.06 bits per heavy atom. The maximum Gasteiger partial charge on any atom is 0.407 e. The van der Waals surface area contributed by atoms with Crippen LogP contribution in [0.25, 0.3) is 11.1 Å². The lowest BCUT2D eigenvalue weighted by Crippen LogP contribution is -2.43. The number of hydrogen-bond acceptors (Lipinski definition) is 5. The van der Waals surface area contributed by atoms with Gasteiger partial charge < -0.3 is 25.6 Å². The fraction of sp³-hybridized carbons (Fsp3) is 0.261. The van der Waals surface area contributed by atoms with E-state index in [9.17, 15) is 14.4 Å².